The van der Waals surface area contributed by atoms with E-state index in [1.165, 1.54) is 10.7 Å². The number of nitrogens with one attached hydrogen (secondary N) is 1. The molecular weight excluding hydrogens is 514 g/mol. The van der Waals surface area contributed by atoms with Crippen LogP contribution in [0.5, 0.6) is 5.75 Å². The molecule has 1 N–H and O–H groups in total. The highest BCUT2D eigenvalue weighted by Gasteiger charge is 2.28. The molecule has 1 atom stereocenters. The first-order chi connectivity index (χ1) is 18.6. The van der Waals surface area contributed by atoms with E-state index in [1.54, 1.807) is 36.1 Å². The summed E-state index contributed by atoms with van der Waals surface area (Å²) in [4.78, 5) is 28.3. The third kappa shape index (κ3) is 9.27. The number of carbonyl (C=O) groups is 2. The van der Waals surface area contributed by atoms with Gasteiger partial charge in [-0.15, -0.1) is 0 Å². The van der Waals surface area contributed by atoms with E-state index < -0.39 is 16.1 Å². The minimum atomic E-state index is -3.56. The Morgan fingerprint density at radius 1 is 1.08 bits per heavy atom. The fraction of sp³-hybridized carbons (Fsp3) is 0.533. The van der Waals surface area contributed by atoms with Crippen LogP contribution < -0.4 is 14.4 Å². The zero-order chi connectivity index (χ0) is 28.4. The van der Waals surface area contributed by atoms with Gasteiger partial charge in [0.2, 0.25) is 21.8 Å². The van der Waals surface area contributed by atoms with E-state index in [0.717, 1.165) is 43.1 Å². The van der Waals surface area contributed by atoms with Crippen molar-refractivity contribution >= 4 is 27.5 Å². The molecule has 1 aliphatic rings. The quantitative estimate of drug-likeness (QED) is 0.382. The molecule has 0 bridgehead atoms. The van der Waals surface area contributed by atoms with Gasteiger partial charge in [0.15, 0.2) is 0 Å². The molecule has 0 saturated heterocycles. The second-order valence-corrected chi connectivity index (χ2v) is 12.3. The van der Waals surface area contributed by atoms with Gasteiger partial charge in [0, 0.05) is 25.6 Å². The topological polar surface area (TPSA) is 96.0 Å². The SMILES string of the molecule is CCOc1ccc(N(CCCC(=O)N(Cc2cccc(C)c2)[C@H](C)C(=O)NC2CCCCC2)S(C)(=O)=O)cc1. The molecule has 0 unspecified atom stereocenters. The lowest BCUT2D eigenvalue weighted by Crippen LogP contribution is -2.50. The summed E-state index contributed by atoms with van der Waals surface area (Å²) in [6.07, 6.45) is 6.95. The molecule has 2 amide bonds. The minimum Gasteiger partial charge on any atom is -0.494 e. The number of hydrogen-bond donors (Lipinski definition) is 1. The van der Waals surface area contributed by atoms with Gasteiger partial charge in [-0.05, 0) is 69.9 Å². The first kappa shape index (κ1) is 30.5. The van der Waals surface area contributed by atoms with Gasteiger partial charge in [-0.25, -0.2) is 8.42 Å². The molecule has 0 aliphatic heterocycles. The number of anilines is 1. The summed E-state index contributed by atoms with van der Waals surface area (Å²) in [5.41, 5.74) is 2.55. The minimum absolute atomic E-state index is 0.121. The fourth-order valence-electron chi connectivity index (χ4n) is 5.04. The van der Waals surface area contributed by atoms with Crippen molar-refractivity contribution in [2.45, 2.75) is 84.3 Å². The monoisotopic (exact) mass is 557 g/mol. The second-order valence-electron chi connectivity index (χ2n) is 10.4. The van der Waals surface area contributed by atoms with Crippen molar-refractivity contribution in [1.29, 1.82) is 0 Å². The van der Waals surface area contributed by atoms with E-state index in [4.69, 9.17) is 4.74 Å². The summed E-state index contributed by atoms with van der Waals surface area (Å²) in [6.45, 7) is 6.64. The maximum Gasteiger partial charge on any atom is 0.242 e. The van der Waals surface area contributed by atoms with Crippen LogP contribution in [0.25, 0.3) is 0 Å². The molecule has 1 saturated carbocycles. The van der Waals surface area contributed by atoms with Gasteiger partial charge >= 0.3 is 0 Å². The van der Waals surface area contributed by atoms with E-state index in [2.05, 4.69) is 5.32 Å². The van der Waals surface area contributed by atoms with Crippen LogP contribution in [-0.4, -0.2) is 56.6 Å². The van der Waals surface area contributed by atoms with Crippen LogP contribution in [-0.2, 0) is 26.2 Å². The van der Waals surface area contributed by atoms with Crippen LogP contribution in [0, 0.1) is 6.92 Å². The Bertz CT molecular complexity index is 1190. The van der Waals surface area contributed by atoms with Gasteiger partial charge in [-0.1, -0.05) is 49.1 Å². The van der Waals surface area contributed by atoms with Gasteiger partial charge in [0.1, 0.15) is 11.8 Å². The number of hydrogen-bond acceptors (Lipinski definition) is 5. The van der Waals surface area contributed by atoms with Crippen LogP contribution in [0.2, 0.25) is 0 Å². The van der Waals surface area contributed by atoms with Crippen LogP contribution >= 0.6 is 0 Å². The molecule has 8 nitrogen and oxygen atoms in total. The average molecular weight is 558 g/mol. The fourth-order valence-corrected chi connectivity index (χ4v) is 6.00. The smallest absolute Gasteiger partial charge is 0.242 e. The number of nitrogens with zero attached hydrogens (tertiary/aromatic N) is 2. The van der Waals surface area contributed by atoms with Crippen molar-refractivity contribution in [2.24, 2.45) is 0 Å². The Kier molecular flexibility index (Phi) is 11.2. The third-order valence-electron chi connectivity index (χ3n) is 7.14. The Morgan fingerprint density at radius 3 is 2.38 bits per heavy atom. The summed E-state index contributed by atoms with van der Waals surface area (Å²) in [5, 5.41) is 3.15. The molecule has 0 spiro atoms. The molecule has 0 heterocycles. The van der Waals surface area contributed by atoms with Gasteiger partial charge < -0.3 is 15.0 Å². The molecular formula is C30H43N3O5S. The van der Waals surface area contributed by atoms with Crippen molar-refractivity contribution in [3.05, 3.63) is 59.7 Å². The zero-order valence-corrected chi connectivity index (χ0v) is 24.5. The lowest BCUT2D eigenvalue weighted by molar-refractivity contribution is -0.141. The lowest BCUT2D eigenvalue weighted by atomic mass is 9.95. The van der Waals surface area contributed by atoms with Crippen molar-refractivity contribution in [2.75, 3.05) is 23.7 Å². The number of rotatable bonds is 13. The lowest BCUT2D eigenvalue weighted by Gasteiger charge is -2.31. The maximum absolute atomic E-state index is 13.5. The highest BCUT2D eigenvalue weighted by molar-refractivity contribution is 7.92. The number of benzene rings is 2. The standard InChI is InChI=1S/C30H43N3O5S/c1-5-38-28-18-16-27(17-19-28)33(39(4,36)37)20-10-15-29(34)32(22-25-12-9-11-23(2)21-25)24(3)30(35)31-26-13-7-6-8-14-26/h9,11-12,16-19,21,24,26H,5-8,10,13-15,20,22H2,1-4H3,(H,31,35)/t24-/m1/s1. The van der Waals surface area contributed by atoms with Crippen LogP contribution in [0.4, 0.5) is 5.69 Å². The Balaban J connectivity index is 1.70. The van der Waals surface area contributed by atoms with Crippen molar-refractivity contribution < 1.29 is 22.7 Å². The number of sulfonamides is 1. The van der Waals surface area contributed by atoms with Crippen molar-refractivity contribution in [1.82, 2.24) is 10.2 Å². The Hall–Kier alpha value is -3.07. The third-order valence-corrected chi connectivity index (χ3v) is 8.34. The van der Waals surface area contributed by atoms with Crippen LogP contribution in [0.15, 0.2) is 48.5 Å². The van der Waals surface area contributed by atoms with Gasteiger partial charge in [0.25, 0.3) is 0 Å². The number of carbonyl (C=O) groups excluding carboxylic acids is 2. The van der Waals surface area contributed by atoms with Crippen molar-refractivity contribution in [3.63, 3.8) is 0 Å². The van der Waals surface area contributed by atoms with E-state index >= 15 is 0 Å². The first-order valence-corrected chi connectivity index (χ1v) is 15.8. The van der Waals surface area contributed by atoms with Crippen molar-refractivity contribution in [3.8, 4) is 5.75 Å². The maximum atomic E-state index is 13.5. The normalized spacial score (nSPS) is 14.9. The number of ether oxygens (including phenoxy) is 1. The Labute approximate surface area is 233 Å². The molecule has 2 aromatic carbocycles. The Morgan fingerprint density at radius 2 is 1.77 bits per heavy atom. The summed E-state index contributed by atoms with van der Waals surface area (Å²) in [6, 6.07) is 14.3. The summed E-state index contributed by atoms with van der Waals surface area (Å²) in [7, 11) is -3.56. The predicted octanol–water partition coefficient (Wildman–Crippen LogP) is 4.81. The van der Waals surface area contributed by atoms with Gasteiger partial charge in [-0.2, -0.15) is 0 Å². The molecule has 0 aromatic heterocycles. The highest BCUT2D eigenvalue weighted by Crippen LogP contribution is 2.23. The molecule has 9 heteroatoms. The molecule has 3 rings (SSSR count). The average Bonchev–Trinajstić information content (AvgIpc) is 2.90. The van der Waals surface area contributed by atoms with E-state index in [0.29, 0.717) is 31.0 Å². The number of aryl methyl sites for hydroxylation is 1. The molecule has 214 valence electrons. The van der Waals surface area contributed by atoms with E-state index in [-0.39, 0.29) is 30.8 Å². The highest BCUT2D eigenvalue weighted by atomic mass is 32.2. The first-order valence-electron chi connectivity index (χ1n) is 13.9. The van der Waals surface area contributed by atoms with E-state index in [9.17, 15) is 18.0 Å². The molecule has 1 aliphatic carbocycles. The molecule has 2 aromatic rings. The summed E-state index contributed by atoms with van der Waals surface area (Å²) < 4.78 is 31.9. The predicted molar refractivity (Wildman–Crippen MR) is 155 cm³/mol. The second kappa shape index (κ2) is 14.4. The number of amides is 2. The molecule has 0 radical (unpaired) electrons. The van der Waals surface area contributed by atoms with Crippen LogP contribution in [0.1, 0.15) is 69.9 Å². The summed E-state index contributed by atoms with van der Waals surface area (Å²) in [5.74, 6) is 0.343. The van der Waals surface area contributed by atoms with Gasteiger partial charge in [0.05, 0.1) is 18.6 Å². The van der Waals surface area contributed by atoms with E-state index in [1.807, 2.05) is 38.1 Å². The molecule has 1 fully saturated rings. The van der Waals surface area contributed by atoms with Gasteiger partial charge in [-0.3, -0.25) is 13.9 Å². The van der Waals surface area contributed by atoms with Crippen LogP contribution in [0.3, 0.4) is 0 Å². The summed E-state index contributed by atoms with van der Waals surface area (Å²) >= 11 is 0. The zero-order valence-electron chi connectivity index (χ0n) is 23.7. The molecule has 39 heavy (non-hydrogen) atoms. The largest absolute Gasteiger partial charge is 0.494 e.